The smallest absolute Gasteiger partial charge is 0.335 e. The van der Waals surface area contributed by atoms with Gasteiger partial charge in [0.15, 0.2) is 11.4 Å². The average molecular weight is 406 g/mol. The third-order valence-corrected chi connectivity index (χ3v) is 4.86. The maximum Gasteiger partial charge on any atom is 0.335 e. The number of aromatic nitrogens is 2. The average Bonchev–Trinajstić information content (AvgIpc) is 3.02. The first-order chi connectivity index (χ1) is 14.2. The van der Waals surface area contributed by atoms with E-state index in [1.807, 2.05) is 32.0 Å². The number of nitrogens with one attached hydrogen (secondary N) is 1. The zero-order valence-electron chi connectivity index (χ0n) is 17.1. The molecule has 0 aliphatic heterocycles. The van der Waals surface area contributed by atoms with Gasteiger partial charge in [0.05, 0.1) is 11.3 Å². The lowest BCUT2D eigenvalue weighted by molar-refractivity contribution is 0.0696. The molecule has 0 aliphatic carbocycles. The minimum atomic E-state index is -1.07. The number of aryl methyl sites for hydroxylation is 3. The summed E-state index contributed by atoms with van der Waals surface area (Å²) in [7, 11) is 1.73. The summed E-state index contributed by atoms with van der Waals surface area (Å²) >= 11 is 0. The Hall–Kier alpha value is -3.94. The molecule has 154 valence electrons. The normalized spacial score (nSPS) is 11.4. The number of aromatic hydroxyl groups is 1. The molecule has 0 saturated heterocycles. The molecule has 3 aromatic rings. The van der Waals surface area contributed by atoms with Crippen molar-refractivity contribution in [3.8, 4) is 17.0 Å². The van der Waals surface area contributed by atoms with Gasteiger partial charge < -0.3 is 10.2 Å². The van der Waals surface area contributed by atoms with E-state index in [0.717, 1.165) is 16.7 Å². The minimum absolute atomic E-state index is 0.0259. The molecule has 0 saturated carbocycles. The molecular formula is C22H22N4O4. The number of carbonyl (C=O) groups excluding carboxylic acids is 1. The largest absolute Gasteiger partial charge is 0.504 e. The SMILES string of the molecule is C/C(=N/NC(=O)c1ccc(C(=O)O)cc1)c1nn(C)c(-c2ccc(C)c(C)c2)c1O. The number of carboxylic acids is 1. The molecule has 8 heteroatoms. The lowest BCUT2D eigenvalue weighted by Crippen LogP contribution is -2.19. The summed E-state index contributed by atoms with van der Waals surface area (Å²) < 4.78 is 1.57. The van der Waals surface area contributed by atoms with Gasteiger partial charge in [-0.15, -0.1) is 0 Å². The van der Waals surface area contributed by atoms with Crippen LogP contribution in [0.2, 0.25) is 0 Å². The predicted octanol–water partition coefficient (Wildman–Crippen LogP) is 3.26. The van der Waals surface area contributed by atoms with Crippen molar-refractivity contribution in [1.29, 1.82) is 0 Å². The zero-order chi connectivity index (χ0) is 22.0. The topological polar surface area (TPSA) is 117 Å². The summed E-state index contributed by atoms with van der Waals surface area (Å²) in [4.78, 5) is 23.2. The number of amides is 1. The molecule has 0 bridgehead atoms. The number of nitrogens with zero attached hydrogens (tertiary/aromatic N) is 3. The lowest BCUT2D eigenvalue weighted by Gasteiger charge is -2.06. The highest BCUT2D eigenvalue weighted by atomic mass is 16.4. The van der Waals surface area contributed by atoms with Crippen molar-refractivity contribution in [1.82, 2.24) is 15.2 Å². The van der Waals surface area contributed by atoms with E-state index in [2.05, 4.69) is 15.6 Å². The number of aromatic carboxylic acids is 1. The van der Waals surface area contributed by atoms with Crippen LogP contribution in [0, 0.1) is 13.8 Å². The number of carbonyl (C=O) groups is 2. The minimum Gasteiger partial charge on any atom is -0.504 e. The Bertz CT molecular complexity index is 1160. The third-order valence-electron chi connectivity index (χ3n) is 4.86. The Labute approximate surface area is 173 Å². The van der Waals surface area contributed by atoms with E-state index in [0.29, 0.717) is 11.4 Å². The molecule has 0 radical (unpaired) electrons. The summed E-state index contributed by atoms with van der Waals surface area (Å²) in [6.07, 6.45) is 0. The van der Waals surface area contributed by atoms with Crippen LogP contribution in [0.4, 0.5) is 0 Å². The molecule has 1 amide bonds. The second kappa shape index (κ2) is 8.20. The van der Waals surface area contributed by atoms with Crippen LogP contribution < -0.4 is 5.43 Å². The van der Waals surface area contributed by atoms with Crippen LogP contribution in [0.15, 0.2) is 47.6 Å². The quantitative estimate of drug-likeness (QED) is 0.444. The van der Waals surface area contributed by atoms with Gasteiger partial charge in [0.1, 0.15) is 5.69 Å². The molecule has 30 heavy (non-hydrogen) atoms. The Balaban J connectivity index is 1.83. The van der Waals surface area contributed by atoms with Gasteiger partial charge in [-0.3, -0.25) is 9.48 Å². The number of hydrogen-bond acceptors (Lipinski definition) is 5. The second-order valence-corrected chi connectivity index (χ2v) is 6.99. The summed E-state index contributed by atoms with van der Waals surface area (Å²) in [6.45, 7) is 5.64. The molecule has 3 rings (SSSR count). The van der Waals surface area contributed by atoms with Crippen LogP contribution >= 0.6 is 0 Å². The fraction of sp³-hybridized carbons (Fsp3) is 0.182. The van der Waals surface area contributed by atoms with Crippen molar-refractivity contribution in [3.63, 3.8) is 0 Å². The first kappa shape index (κ1) is 20.8. The first-order valence-corrected chi connectivity index (χ1v) is 9.21. The zero-order valence-corrected chi connectivity index (χ0v) is 17.1. The molecule has 0 spiro atoms. The number of carboxylic acid groups (broad SMARTS) is 1. The maximum absolute atomic E-state index is 12.3. The second-order valence-electron chi connectivity index (χ2n) is 6.99. The number of benzene rings is 2. The lowest BCUT2D eigenvalue weighted by atomic mass is 10.0. The summed E-state index contributed by atoms with van der Waals surface area (Å²) in [5, 5.41) is 28.0. The predicted molar refractivity (Wildman–Crippen MR) is 113 cm³/mol. The molecule has 0 aliphatic rings. The molecule has 0 fully saturated rings. The van der Waals surface area contributed by atoms with E-state index in [1.54, 1.807) is 18.7 Å². The Morgan fingerprint density at radius 3 is 2.27 bits per heavy atom. The molecule has 8 nitrogen and oxygen atoms in total. The number of hydrazone groups is 1. The summed E-state index contributed by atoms with van der Waals surface area (Å²) in [6, 6.07) is 11.4. The highest BCUT2D eigenvalue weighted by molar-refractivity contribution is 6.02. The Morgan fingerprint density at radius 2 is 1.67 bits per heavy atom. The van der Waals surface area contributed by atoms with Gasteiger partial charge in [0.25, 0.3) is 5.91 Å². The van der Waals surface area contributed by atoms with E-state index < -0.39 is 11.9 Å². The van der Waals surface area contributed by atoms with Gasteiger partial charge in [-0.2, -0.15) is 10.2 Å². The van der Waals surface area contributed by atoms with Crippen molar-refractivity contribution in [2.24, 2.45) is 12.1 Å². The van der Waals surface area contributed by atoms with Gasteiger partial charge in [-0.25, -0.2) is 10.2 Å². The van der Waals surface area contributed by atoms with E-state index in [-0.39, 0.29) is 22.6 Å². The molecule has 2 aromatic carbocycles. The van der Waals surface area contributed by atoms with Gasteiger partial charge in [0, 0.05) is 18.2 Å². The highest BCUT2D eigenvalue weighted by Gasteiger charge is 2.19. The van der Waals surface area contributed by atoms with Crippen molar-refractivity contribution in [3.05, 3.63) is 70.4 Å². The number of hydrogen-bond donors (Lipinski definition) is 3. The number of rotatable bonds is 5. The molecule has 3 N–H and O–H groups in total. The van der Waals surface area contributed by atoms with Gasteiger partial charge >= 0.3 is 5.97 Å². The Kier molecular flexibility index (Phi) is 5.68. The monoisotopic (exact) mass is 406 g/mol. The fourth-order valence-corrected chi connectivity index (χ4v) is 2.99. The Morgan fingerprint density at radius 1 is 1.03 bits per heavy atom. The molecule has 0 atom stereocenters. The van der Waals surface area contributed by atoms with Crippen molar-refractivity contribution in [2.75, 3.05) is 0 Å². The van der Waals surface area contributed by atoms with Crippen molar-refractivity contribution in [2.45, 2.75) is 20.8 Å². The van der Waals surface area contributed by atoms with E-state index in [9.17, 15) is 14.7 Å². The first-order valence-electron chi connectivity index (χ1n) is 9.21. The van der Waals surface area contributed by atoms with Gasteiger partial charge in [-0.05, 0) is 62.2 Å². The molecule has 0 unspecified atom stereocenters. The third kappa shape index (κ3) is 4.07. The van der Waals surface area contributed by atoms with Crippen LogP contribution in [-0.2, 0) is 7.05 Å². The van der Waals surface area contributed by atoms with Crippen LogP contribution in [0.5, 0.6) is 5.75 Å². The standard InChI is InChI=1S/C22H22N4O4/c1-12-5-6-17(11-13(12)2)19-20(27)18(25-26(19)4)14(3)23-24-21(28)15-7-9-16(10-8-15)22(29)30/h5-11,27H,1-4H3,(H,24,28)(H,29,30)/b23-14-. The van der Waals surface area contributed by atoms with E-state index in [4.69, 9.17) is 5.11 Å². The van der Waals surface area contributed by atoms with Crippen molar-refractivity contribution < 1.29 is 19.8 Å². The van der Waals surface area contributed by atoms with E-state index >= 15 is 0 Å². The molecule has 1 aromatic heterocycles. The van der Waals surface area contributed by atoms with Crippen LogP contribution in [-0.4, -0.2) is 37.6 Å². The maximum atomic E-state index is 12.3. The van der Waals surface area contributed by atoms with Crippen LogP contribution in [0.1, 0.15) is 44.5 Å². The van der Waals surface area contributed by atoms with Crippen LogP contribution in [0.25, 0.3) is 11.3 Å². The molecular weight excluding hydrogens is 384 g/mol. The van der Waals surface area contributed by atoms with Crippen molar-refractivity contribution >= 4 is 17.6 Å². The summed E-state index contributed by atoms with van der Waals surface area (Å²) in [5.41, 5.74) is 6.96. The van der Waals surface area contributed by atoms with Gasteiger partial charge in [0.2, 0.25) is 0 Å². The van der Waals surface area contributed by atoms with Crippen LogP contribution in [0.3, 0.4) is 0 Å². The van der Waals surface area contributed by atoms with Gasteiger partial charge in [-0.1, -0.05) is 12.1 Å². The molecule has 1 heterocycles. The highest BCUT2D eigenvalue weighted by Crippen LogP contribution is 2.33. The fourth-order valence-electron chi connectivity index (χ4n) is 2.99. The van der Waals surface area contributed by atoms with E-state index in [1.165, 1.54) is 24.3 Å². The summed E-state index contributed by atoms with van der Waals surface area (Å²) in [5.74, 6) is -1.60.